The third kappa shape index (κ3) is 3.86. The van der Waals surface area contributed by atoms with Gasteiger partial charge in [-0.25, -0.2) is 0 Å². The highest BCUT2D eigenvalue weighted by atomic mass is 35.5. The lowest BCUT2D eigenvalue weighted by Crippen LogP contribution is -2.38. The molecule has 4 nitrogen and oxygen atoms in total. The van der Waals surface area contributed by atoms with Gasteiger partial charge in [0.05, 0.1) is 0 Å². The van der Waals surface area contributed by atoms with Gasteiger partial charge in [0.25, 0.3) is 0 Å². The minimum Gasteiger partial charge on any atom is -0.326 e. The van der Waals surface area contributed by atoms with Crippen LogP contribution in [-0.2, 0) is 16.0 Å². The van der Waals surface area contributed by atoms with Gasteiger partial charge in [-0.15, -0.1) is 0 Å². The lowest BCUT2D eigenvalue weighted by molar-refractivity contribution is -0.126. The van der Waals surface area contributed by atoms with Crippen molar-refractivity contribution in [3.05, 3.63) is 59.1 Å². The molecule has 0 radical (unpaired) electrons. The predicted octanol–water partition coefficient (Wildman–Crippen LogP) is 4.67. The van der Waals surface area contributed by atoms with E-state index >= 15 is 0 Å². The zero-order valence-electron chi connectivity index (χ0n) is 15.2. The van der Waals surface area contributed by atoms with Crippen LogP contribution in [-0.4, -0.2) is 18.4 Å². The molecule has 5 heteroatoms. The van der Waals surface area contributed by atoms with Gasteiger partial charge in [0.15, 0.2) is 0 Å². The van der Waals surface area contributed by atoms with Crippen LogP contribution in [0.25, 0.3) is 0 Å². The summed E-state index contributed by atoms with van der Waals surface area (Å²) in [5, 5.41) is 3.55. The molecule has 1 saturated carbocycles. The van der Waals surface area contributed by atoms with E-state index in [2.05, 4.69) is 11.4 Å². The highest BCUT2D eigenvalue weighted by Gasteiger charge is 2.34. The molecule has 2 aromatic carbocycles. The first-order chi connectivity index (χ1) is 13.1. The Morgan fingerprint density at radius 1 is 0.963 bits per heavy atom. The van der Waals surface area contributed by atoms with Crippen molar-refractivity contribution in [1.82, 2.24) is 0 Å². The van der Waals surface area contributed by atoms with Crippen molar-refractivity contribution in [3.63, 3.8) is 0 Å². The quantitative estimate of drug-likeness (QED) is 0.838. The van der Waals surface area contributed by atoms with Gasteiger partial charge < -0.3 is 10.2 Å². The van der Waals surface area contributed by atoms with Crippen molar-refractivity contribution in [2.75, 3.05) is 16.8 Å². The maximum Gasteiger partial charge on any atom is 0.230 e. The van der Waals surface area contributed by atoms with Gasteiger partial charge in [-0.3, -0.25) is 9.59 Å². The van der Waals surface area contributed by atoms with Crippen molar-refractivity contribution in [2.45, 2.75) is 32.1 Å². The van der Waals surface area contributed by atoms with Crippen LogP contribution in [0.2, 0.25) is 5.02 Å². The molecule has 0 atom stereocenters. The summed E-state index contributed by atoms with van der Waals surface area (Å²) in [6.45, 7) is 0.771. The summed E-state index contributed by atoms with van der Waals surface area (Å²) in [4.78, 5) is 27.4. The van der Waals surface area contributed by atoms with Crippen molar-refractivity contribution >= 4 is 34.8 Å². The summed E-state index contributed by atoms with van der Waals surface area (Å²) >= 11 is 5.97. The van der Waals surface area contributed by atoms with E-state index in [1.165, 1.54) is 5.56 Å². The molecule has 2 amide bonds. The van der Waals surface area contributed by atoms with Crippen LogP contribution in [0.3, 0.4) is 0 Å². The fourth-order valence-corrected chi connectivity index (χ4v) is 4.39. The number of amides is 2. The Bertz CT molecular complexity index is 859. The van der Waals surface area contributed by atoms with Gasteiger partial charge >= 0.3 is 0 Å². The smallest absolute Gasteiger partial charge is 0.230 e. The average molecular weight is 383 g/mol. The van der Waals surface area contributed by atoms with Gasteiger partial charge in [0, 0.05) is 34.8 Å². The Morgan fingerprint density at radius 2 is 1.70 bits per heavy atom. The van der Waals surface area contributed by atoms with Gasteiger partial charge in [0.2, 0.25) is 11.8 Å². The summed E-state index contributed by atoms with van der Waals surface area (Å²) in [5.41, 5.74) is 3.03. The van der Waals surface area contributed by atoms with E-state index in [4.69, 9.17) is 11.6 Å². The van der Waals surface area contributed by atoms with Crippen LogP contribution in [0.5, 0.6) is 0 Å². The standard InChI is InChI=1S/C22H23ClN2O2/c23-18-5-3-6-19(14-18)24-21(26)16-8-10-17(11-9-16)22(27)25-13-12-15-4-1-2-7-20(15)25/h1-7,14,16-17H,8-13H2,(H,24,26). The van der Waals surface area contributed by atoms with Crippen LogP contribution in [0.15, 0.2) is 48.5 Å². The molecule has 1 aliphatic carbocycles. The summed E-state index contributed by atoms with van der Waals surface area (Å²) in [7, 11) is 0. The van der Waals surface area contributed by atoms with Gasteiger partial charge in [-0.1, -0.05) is 35.9 Å². The number of anilines is 2. The van der Waals surface area contributed by atoms with E-state index in [-0.39, 0.29) is 23.7 Å². The molecule has 1 N–H and O–H groups in total. The fourth-order valence-electron chi connectivity index (χ4n) is 4.20. The highest BCUT2D eigenvalue weighted by molar-refractivity contribution is 6.30. The Hall–Kier alpha value is -2.33. The minimum absolute atomic E-state index is 0.0198. The summed E-state index contributed by atoms with van der Waals surface area (Å²) in [6, 6.07) is 15.3. The molecule has 0 aromatic heterocycles. The Kier molecular flexibility index (Phi) is 5.17. The first-order valence-corrected chi connectivity index (χ1v) is 9.95. The molecule has 0 saturated heterocycles. The maximum atomic E-state index is 13.0. The fraction of sp³-hybridized carbons (Fsp3) is 0.364. The highest BCUT2D eigenvalue weighted by Crippen LogP contribution is 2.35. The molecule has 0 unspecified atom stereocenters. The van der Waals surface area contributed by atoms with E-state index < -0.39 is 0 Å². The predicted molar refractivity (Wildman–Crippen MR) is 108 cm³/mol. The van der Waals surface area contributed by atoms with Crippen LogP contribution in [0.1, 0.15) is 31.2 Å². The lowest BCUT2D eigenvalue weighted by Gasteiger charge is -2.30. The second-order valence-corrected chi connectivity index (χ2v) is 7.85. The molecule has 140 valence electrons. The van der Waals surface area contributed by atoms with Crippen molar-refractivity contribution in [1.29, 1.82) is 0 Å². The van der Waals surface area contributed by atoms with Crippen molar-refractivity contribution in [2.24, 2.45) is 11.8 Å². The number of nitrogens with zero attached hydrogens (tertiary/aromatic N) is 1. The molecule has 4 rings (SSSR count). The normalized spacial score (nSPS) is 21.6. The topological polar surface area (TPSA) is 49.4 Å². The molecule has 27 heavy (non-hydrogen) atoms. The number of hydrogen-bond donors (Lipinski definition) is 1. The van der Waals surface area contributed by atoms with Crippen LogP contribution >= 0.6 is 11.6 Å². The van der Waals surface area contributed by atoms with E-state index in [0.29, 0.717) is 5.02 Å². The van der Waals surface area contributed by atoms with Gasteiger partial charge in [-0.05, 0) is 61.9 Å². The molecule has 1 heterocycles. The van der Waals surface area contributed by atoms with Crippen LogP contribution in [0.4, 0.5) is 11.4 Å². The average Bonchev–Trinajstić information content (AvgIpc) is 3.12. The van der Waals surface area contributed by atoms with Crippen molar-refractivity contribution < 1.29 is 9.59 Å². The molecule has 1 aliphatic heterocycles. The summed E-state index contributed by atoms with van der Waals surface area (Å²) in [6.07, 6.45) is 3.96. The molecule has 2 aromatic rings. The number of carbonyl (C=O) groups is 2. The number of hydrogen-bond acceptors (Lipinski definition) is 2. The lowest BCUT2D eigenvalue weighted by atomic mass is 9.81. The van der Waals surface area contributed by atoms with Crippen LogP contribution in [0, 0.1) is 11.8 Å². The number of benzene rings is 2. The van der Waals surface area contributed by atoms with Crippen molar-refractivity contribution in [3.8, 4) is 0 Å². The van der Waals surface area contributed by atoms with E-state index in [0.717, 1.165) is 50.0 Å². The maximum absolute atomic E-state index is 13.0. The first-order valence-electron chi connectivity index (χ1n) is 9.57. The molecule has 2 aliphatic rings. The number of para-hydroxylation sites is 1. The number of carbonyl (C=O) groups excluding carboxylic acids is 2. The van der Waals surface area contributed by atoms with E-state index in [1.807, 2.05) is 35.2 Å². The summed E-state index contributed by atoms with van der Waals surface area (Å²) in [5.74, 6) is 0.216. The molecular weight excluding hydrogens is 360 g/mol. The number of rotatable bonds is 3. The minimum atomic E-state index is -0.0427. The largest absolute Gasteiger partial charge is 0.326 e. The van der Waals surface area contributed by atoms with E-state index in [9.17, 15) is 9.59 Å². The Morgan fingerprint density at radius 3 is 2.48 bits per heavy atom. The molecule has 0 bridgehead atoms. The number of fused-ring (bicyclic) bond motifs is 1. The van der Waals surface area contributed by atoms with Gasteiger partial charge in [0.1, 0.15) is 0 Å². The Balaban J connectivity index is 1.34. The first kappa shape index (κ1) is 18.1. The third-order valence-corrected chi connectivity index (χ3v) is 5.93. The third-order valence-electron chi connectivity index (χ3n) is 5.69. The number of nitrogens with one attached hydrogen (secondary N) is 1. The second kappa shape index (κ2) is 7.73. The second-order valence-electron chi connectivity index (χ2n) is 7.42. The Labute approximate surface area is 164 Å². The zero-order chi connectivity index (χ0) is 18.8. The molecule has 1 fully saturated rings. The zero-order valence-corrected chi connectivity index (χ0v) is 15.9. The molecular formula is C22H23ClN2O2. The van der Waals surface area contributed by atoms with Crippen LogP contribution < -0.4 is 10.2 Å². The van der Waals surface area contributed by atoms with Gasteiger partial charge in [-0.2, -0.15) is 0 Å². The SMILES string of the molecule is O=C(Nc1cccc(Cl)c1)C1CCC(C(=O)N2CCc3ccccc32)CC1. The summed E-state index contributed by atoms with van der Waals surface area (Å²) < 4.78 is 0. The number of halogens is 1. The van der Waals surface area contributed by atoms with E-state index in [1.54, 1.807) is 12.1 Å². The molecule has 0 spiro atoms. The monoisotopic (exact) mass is 382 g/mol.